The number of aromatic nitrogens is 4. The van der Waals surface area contributed by atoms with Gasteiger partial charge in [-0.3, -0.25) is 14.2 Å². The van der Waals surface area contributed by atoms with Gasteiger partial charge in [0.05, 0.1) is 18.8 Å². The molecule has 0 saturated carbocycles. The average Bonchev–Trinajstić information content (AvgIpc) is 3.71. The van der Waals surface area contributed by atoms with Crippen molar-refractivity contribution in [2.45, 2.75) is 98.3 Å². The number of ether oxygens (including phenoxy) is 1. The van der Waals surface area contributed by atoms with Gasteiger partial charge in [-0.15, -0.1) is 0 Å². The maximum Gasteiger partial charge on any atom is 0.410 e. The van der Waals surface area contributed by atoms with Crippen molar-refractivity contribution < 1.29 is 23.1 Å². The molecule has 0 radical (unpaired) electrons. The molecule has 4 aliphatic rings. The van der Waals surface area contributed by atoms with Crippen molar-refractivity contribution in [3.8, 4) is 11.1 Å². The number of likely N-dealkylation sites (tertiary alicyclic amines) is 2. The summed E-state index contributed by atoms with van der Waals surface area (Å²) in [6, 6.07) is 3.80. The minimum Gasteiger partial charge on any atom is -0.444 e. The van der Waals surface area contributed by atoms with Crippen LogP contribution >= 0.6 is 0 Å². The summed E-state index contributed by atoms with van der Waals surface area (Å²) in [5.41, 5.74) is 4.70. The monoisotopic (exact) mass is 734 g/mol. The Morgan fingerprint density at radius 2 is 1.72 bits per heavy atom. The summed E-state index contributed by atoms with van der Waals surface area (Å²) >= 11 is 0. The normalized spacial score (nSPS) is 23.0. The van der Waals surface area contributed by atoms with Crippen LogP contribution in [0.1, 0.15) is 95.7 Å². The fourth-order valence-corrected chi connectivity index (χ4v) is 9.16. The molecule has 4 aliphatic heterocycles. The Hall–Kier alpha value is -4.00. The van der Waals surface area contributed by atoms with E-state index in [-0.39, 0.29) is 23.6 Å². The maximum atomic E-state index is 14.7. The lowest BCUT2D eigenvalue weighted by Gasteiger charge is -2.44. The van der Waals surface area contributed by atoms with Crippen molar-refractivity contribution in [1.82, 2.24) is 34.3 Å². The van der Waals surface area contributed by atoms with E-state index in [9.17, 15) is 18.4 Å². The van der Waals surface area contributed by atoms with E-state index in [4.69, 9.17) is 9.84 Å². The lowest BCUT2D eigenvalue weighted by molar-refractivity contribution is -0.129. The minimum absolute atomic E-state index is 0.00571. The summed E-state index contributed by atoms with van der Waals surface area (Å²) < 4.78 is 38.9. The number of hydrogen-bond donors (Lipinski definition) is 0. The number of rotatable bonds is 6. The highest BCUT2D eigenvalue weighted by Gasteiger charge is 2.39. The van der Waals surface area contributed by atoms with Crippen LogP contribution in [0.15, 0.2) is 24.5 Å². The molecule has 53 heavy (non-hydrogen) atoms. The fourth-order valence-electron chi connectivity index (χ4n) is 9.16. The van der Waals surface area contributed by atoms with Crippen LogP contribution in [-0.2, 0) is 36.0 Å². The van der Waals surface area contributed by atoms with Gasteiger partial charge in [0.15, 0.2) is 5.82 Å². The van der Waals surface area contributed by atoms with Crippen molar-refractivity contribution >= 4 is 23.5 Å². The van der Waals surface area contributed by atoms with Crippen LogP contribution in [0.3, 0.4) is 0 Å². The van der Waals surface area contributed by atoms with Gasteiger partial charge in [-0.25, -0.2) is 13.6 Å². The van der Waals surface area contributed by atoms with Gasteiger partial charge in [0.25, 0.3) is 6.43 Å². The third-order valence-electron chi connectivity index (χ3n) is 11.9. The Labute approximate surface area is 312 Å². The molecule has 0 bridgehead atoms. The molecule has 2 unspecified atom stereocenters. The molecule has 2 atom stereocenters. The van der Waals surface area contributed by atoms with Crippen LogP contribution in [0.2, 0.25) is 0 Å². The molecule has 288 valence electrons. The number of anilines is 2. The van der Waals surface area contributed by atoms with Gasteiger partial charge in [-0.1, -0.05) is 13.8 Å². The zero-order chi connectivity index (χ0) is 37.8. The highest BCUT2D eigenvalue weighted by molar-refractivity contribution is 5.78. The number of carbonyl (C=O) groups excluding carboxylic acids is 2. The molecule has 2 fully saturated rings. The number of benzene rings is 1. The number of alkyl halides is 2. The van der Waals surface area contributed by atoms with Crippen LogP contribution < -0.4 is 4.90 Å². The minimum atomic E-state index is -2.65. The standard InChI is InChI=1S/C40H56F2N8O3/c1-25-20-48(39(52)53-40(4,5)6)21-26(2)33(25)23-46-14-10-30(11-15-46)50-35-12-16-47(27(3)51)24-34(35)38(44-50)49-13-8-9-28-17-31(29-19-43-45(7)22-29)32(37(41)42)18-36(28)49/h17-19,22,25-26,30,33,37H,8-16,20-21,23-24H2,1-7H3. The zero-order valence-corrected chi connectivity index (χ0v) is 32.4. The first-order chi connectivity index (χ1) is 25.2. The topological polar surface area (TPSA) is 92.0 Å². The quantitative estimate of drug-likeness (QED) is 0.270. The SMILES string of the molecule is CC(=O)N1CCc2c(c(N3CCCc4cc(-c5cnn(C)c5)c(C(F)F)cc43)nn2C2CCN(CC3C(C)CN(C(=O)OC(C)(C)C)CC3C)CC2)C1. The molecule has 0 aliphatic carbocycles. The fraction of sp³-hybridized carbons (Fsp3) is 0.650. The molecule has 2 saturated heterocycles. The summed E-state index contributed by atoms with van der Waals surface area (Å²) in [5.74, 6) is 2.05. The molecule has 7 rings (SSSR count). The third kappa shape index (κ3) is 7.68. The van der Waals surface area contributed by atoms with Crippen molar-refractivity contribution in [3.63, 3.8) is 0 Å². The number of carbonyl (C=O) groups is 2. The number of piperidine rings is 2. The number of halogens is 2. The summed E-state index contributed by atoms with van der Waals surface area (Å²) in [4.78, 5) is 33.9. The molecule has 2 amide bonds. The van der Waals surface area contributed by atoms with E-state index in [0.29, 0.717) is 61.6 Å². The highest BCUT2D eigenvalue weighted by atomic mass is 19.3. The number of fused-ring (bicyclic) bond motifs is 2. The van der Waals surface area contributed by atoms with Crippen molar-refractivity contribution in [1.29, 1.82) is 0 Å². The van der Waals surface area contributed by atoms with E-state index in [2.05, 4.69) is 33.4 Å². The van der Waals surface area contributed by atoms with Crippen molar-refractivity contribution in [2.75, 3.05) is 50.7 Å². The molecular formula is C40H56F2N8O3. The van der Waals surface area contributed by atoms with Gasteiger partial charge < -0.3 is 24.3 Å². The van der Waals surface area contributed by atoms with E-state index < -0.39 is 12.0 Å². The van der Waals surface area contributed by atoms with E-state index in [1.807, 2.05) is 36.6 Å². The second-order valence-corrected chi connectivity index (χ2v) is 16.9. The van der Waals surface area contributed by atoms with Gasteiger partial charge in [-0.05, 0) is 87.5 Å². The predicted molar refractivity (Wildman–Crippen MR) is 200 cm³/mol. The number of nitrogens with zero attached hydrogens (tertiary/aromatic N) is 8. The predicted octanol–water partition coefficient (Wildman–Crippen LogP) is 6.99. The number of amides is 2. The summed E-state index contributed by atoms with van der Waals surface area (Å²) in [6.45, 7) is 18.0. The van der Waals surface area contributed by atoms with Crippen LogP contribution in [-0.4, -0.2) is 97.7 Å². The second-order valence-electron chi connectivity index (χ2n) is 16.9. The lowest BCUT2D eigenvalue weighted by atomic mass is 9.79. The molecule has 3 aromatic rings. The van der Waals surface area contributed by atoms with Gasteiger partial charge in [-0.2, -0.15) is 10.2 Å². The van der Waals surface area contributed by atoms with Crippen molar-refractivity contribution in [3.05, 3.63) is 46.9 Å². The van der Waals surface area contributed by atoms with Crippen LogP contribution in [0.5, 0.6) is 0 Å². The van der Waals surface area contributed by atoms with Crippen molar-refractivity contribution in [2.24, 2.45) is 24.8 Å². The Kier molecular flexibility index (Phi) is 10.3. The first-order valence-corrected chi connectivity index (χ1v) is 19.4. The van der Waals surface area contributed by atoms with Crippen LogP contribution in [0.25, 0.3) is 11.1 Å². The third-order valence-corrected chi connectivity index (χ3v) is 11.9. The zero-order valence-electron chi connectivity index (χ0n) is 32.4. The summed E-state index contributed by atoms with van der Waals surface area (Å²) in [7, 11) is 1.79. The lowest BCUT2D eigenvalue weighted by Crippen LogP contribution is -2.52. The second kappa shape index (κ2) is 14.7. The molecule has 0 spiro atoms. The maximum absolute atomic E-state index is 14.7. The first-order valence-electron chi connectivity index (χ1n) is 19.4. The smallest absolute Gasteiger partial charge is 0.410 e. The van der Waals surface area contributed by atoms with Crippen LogP contribution in [0.4, 0.5) is 25.1 Å². The van der Waals surface area contributed by atoms with Gasteiger partial charge in [0, 0.05) is 100 Å². The molecule has 0 N–H and O–H groups in total. The van der Waals surface area contributed by atoms with Gasteiger partial charge in [0.1, 0.15) is 5.60 Å². The Bertz CT molecular complexity index is 1810. The first kappa shape index (κ1) is 37.3. The number of aryl methyl sites for hydroxylation is 2. The molecular weight excluding hydrogens is 678 g/mol. The molecule has 1 aromatic carbocycles. The summed E-state index contributed by atoms with van der Waals surface area (Å²) in [5, 5.41) is 9.58. The molecule has 11 nitrogen and oxygen atoms in total. The van der Waals surface area contributed by atoms with E-state index in [1.165, 1.54) is 5.69 Å². The molecule has 6 heterocycles. The van der Waals surface area contributed by atoms with E-state index in [0.717, 1.165) is 74.4 Å². The van der Waals surface area contributed by atoms with E-state index >= 15 is 0 Å². The highest BCUT2D eigenvalue weighted by Crippen LogP contribution is 2.44. The molecule has 13 heteroatoms. The largest absolute Gasteiger partial charge is 0.444 e. The van der Waals surface area contributed by atoms with Gasteiger partial charge in [0.2, 0.25) is 5.91 Å². The molecule has 2 aromatic heterocycles. The summed E-state index contributed by atoms with van der Waals surface area (Å²) in [6.07, 6.45) is 4.87. The number of hydrogen-bond acceptors (Lipinski definition) is 7. The van der Waals surface area contributed by atoms with E-state index in [1.54, 1.807) is 37.1 Å². The Morgan fingerprint density at radius 1 is 1.00 bits per heavy atom. The average molecular weight is 735 g/mol. The van der Waals surface area contributed by atoms with Gasteiger partial charge >= 0.3 is 6.09 Å². The Balaban J connectivity index is 1.11. The van der Waals surface area contributed by atoms with Crippen LogP contribution in [0, 0.1) is 17.8 Å². The Morgan fingerprint density at radius 3 is 2.34 bits per heavy atom.